The number of carboxylic acids is 1. The van der Waals surface area contributed by atoms with E-state index in [0.29, 0.717) is 27.1 Å². The van der Waals surface area contributed by atoms with Crippen molar-refractivity contribution in [1.82, 2.24) is 5.32 Å². The van der Waals surface area contributed by atoms with E-state index in [1.54, 1.807) is 24.3 Å². The van der Waals surface area contributed by atoms with Crippen LogP contribution in [0.25, 0.3) is 6.08 Å². The summed E-state index contributed by atoms with van der Waals surface area (Å²) in [5.41, 5.74) is 0.981. The average molecular weight is 416 g/mol. The molecular weight excluding hydrogens is 399 g/mol. The van der Waals surface area contributed by atoms with Gasteiger partial charge in [0, 0.05) is 5.56 Å². The summed E-state index contributed by atoms with van der Waals surface area (Å²) in [5.74, 6) is -1.31. The minimum atomic E-state index is -1.13. The number of thioether (sulfide) groups is 1. The Kier molecular flexibility index (Phi) is 6.18. The lowest BCUT2D eigenvalue weighted by Crippen LogP contribution is -2.23. The maximum Gasteiger partial charge on any atom is 0.344 e. The number of rotatable bonds is 6. The third-order valence-electron chi connectivity index (χ3n) is 3.87. The van der Waals surface area contributed by atoms with Gasteiger partial charge < -0.3 is 19.9 Å². The number of nitrogens with one attached hydrogen (secondary N) is 1. The molecular formula is C20H17FN2O5S. The zero-order valence-corrected chi connectivity index (χ0v) is 16.3. The standard InChI is InChI=1S/C20H17FN2O5S/c1-11(19(25)26)28-17-12(4-3-5-15(17)27-2)10-16-18(24)23-20(29-16)22-14-8-6-13(21)7-9-14/h3-11H,1-2H3,(H,25,26)(H,22,23,24)/b16-10-/t11-/m1/s1. The number of amides is 1. The fraction of sp³-hybridized carbons (Fsp3) is 0.150. The summed E-state index contributed by atoms with van der Waals surface area (Å²) in [4.78, 5) is 28.1. The van der Waals surface area contributed by atoms with Crippen molar-refractivity contribution in [2.75, 3.05) is 7.11 Å². The van der Waals surface area contributed by atoms with Crippen LogP contribution in [0.3, 0.4) is 0 Å². The molecule has 3 rings (SSSR count). The highest BCUT2D eigenvalue weighted by Gasteiger charge is 2.25. The molecule has 0 radical (unpaired) electrons. The molecule has 0 aromatic heterocycles. The van der Waals surface area contributed by atoms with Gasteiger partial charge in [-0.3, -0.25) is 4.79 Å². The fourth-order valence-corrected chi connectivity index (χ4v) is 3.25. The molecule has 29 heavy (non-hydrogen) atoms. The predicted molar refractivity (Wildman–Crippen MR) is 108 cm³/mol. The van der Waals surface area contributed by atoms with Crippen molar-refractivity contribution in [3.8, 4) is 11.5 Å². The number of benzene rings is 2. The van der Waals surface area contributed by atoms with Gasteiger partial charge in [0.1, 0.15) is 5.82 Å². The van der Waals surface area contributed by atoms with Crippen molar-refractivity contribution in [2.24, 2.45) is 4.99 Å². The topological polar surface area (TPSA) is 97.2 Å². The van der Waals surface area contributed by atoms with Crippen LogP contribution in [0.1, 0.15) is 12.5 Å². The Morgan fingerprint density at radius 1 is 1.28 bits per heavy atom. The normalized spacial score (nSPS) is 17.3. The highest BCUT2D eigenvalue weighted by atomic mass is 32.2. The predicted octanol–water partition coefficient (Wildman–Crippen LogP) is 3.58. The Morgan fingerprint density at radius 2 is 2.00 bits per heavy atom. The number of methoxy groups -OCH3 is 1. The molecule has 1 aliphatic heterocycles. The number of carbonyl (C=O) groups excluding carboxylic acids is 1. The third-order valence-corrected chi connectivity index (χ3v) is 4.78. The number of hydrogen-bond donors (Lipinski definition) is 2. The lowest BCUT2D eigenvalue weighted by Gasteiger charge is -2.16. The Labute approximate surface area is 170 Å². The van der Waals surface area contributed by atoms with E-state index < -0.39 is 12.1 Å². The third kappa shape index (κ3) is 4.94. The summed E-state index contributed by atoms with van der Waals surface area (Å²) in [6, 6.07) is 10.6. The smallest absolute Gasteiger partial charge is 0.344 e. The van der Waals surface area contributed by atoms with Gasteiger partial charge in [0.2, 0.25) is 0 Å². The zero-order valence-electron chi connectivity index (χ0n) is 15.5. The second-order valence-electron chi connectivity index (χ2n) is 5.94. The second-order valence-corrected chi connectivity index (χ2v) is 6.97. The molecule has 150 valence electrons. The number of aliphatic carboxylic acids is 1. The van der Waals surface area contributed by atoms with Crippen LogP contribution in [0.4, 0.5) is 10.1 Å². The van der Waals surface area contributed by atoms with Crippen LogP contribution in [0.15, 0.2) is 52.4 Å². The summed E-state index contributed by atoms with van der Waals surface area (Å²) in [7, 11) is 1.44. The maximum absolute atomic E-state index is 13.0. The second kappa shape index (κ2) is 8.78. The van der Waals surface area contributed by atoms with Crippen LogP contribution in [0.5, 0.6) is 11.5 Å². The van der Waals surface area contributed by atoms with Crippen LogP contribution >= 0.6 is 11.8 Å². The van der Waals surface area contributed by atoms with E-state index >= 15 is 0 Å². The number of carbonyl (C=O) groups is 2. The Morgan fingerprint density at radius 3 is 2.66 bits per heavy atom. The Balaban J connectivity index is 1.90. The van der Waals surface area contributed by atoms with Crippen molar-refractivity contribution in [2.45, 2.75) is 13.0 Å². The van der Waals surface area contributed by atoms with Crippen molar-refractivity contribution < 1.29 is 28.6 Å². The summed E-state index contributed by atoms with van der Waals surface area (Å²) in [5, 5.41) is 12.1. The van der Waals surface area contributed by atoms with Crippen LogP contribution in [0, 0.1) is 5.82 Å². The van der Waals surface area contributed by atoms with Gasteiger partial charge in [-0.2, -0.15) is 0 Å². The summed E-state index contributed by atoms with van der Waals surface area (Å²) < 4.78 is 23.8. The van der Waals surface area contributed by atoms with Gasteiger partial charge in [0.25, 0.3) is 5.91 Å². The molecule has 1 saturated heterocycles. The molecule has 0 bridgehead atoms. The van der Waals surface area contributed by atoms with E-state index in [4.69, 9.17) is 14.6 Å². The molecule has 2 N–H and O–H groups in total. The summed E-state index contributed by atoms with van der Waals surface area (Å²) in [6.07, 6.45) is 0.462. The first-order valence-corrected chi connectivity index (χ1v) is 9.30. The molecule has 9 heteroatoms. The van der Waals surface area contributed by atoms with E-state index in [1.807, 2.05) is 0 Å². The number of para-hydroxylation sites is 1. The average Bonchev–Trinajstić information content (AvgIpc) is 3.03. The van der Waals surface area contributed by atoms with Crippen molar-refractivity contribution >= 4 is 40.6 Å². The molecule has 2 aromatic carbocycles. The van der Waals surface area contributed by atoms with Crippen molar-refractivity contribution in [1.29, 1.82) is 0 Å². The number of halogens is 1. The van der Waals surface area contributed by atoms with Gasteiger partial charge in [-0.25, -0.2) is 14.2 Å². The molecule has 1 amide bonds. The van der Waals surface area contributed by atoms with Crippen molar-refractivity contribution in [3.63, 3.8) is 0 Å². The van der Waals surface area contributed by atoms with E-state index in [9.17, 15) is 14.0 Å². The number of aliphatic imine (C=N–C) groups is 1. The van der Waals surface area contributed by atoms with Crippen LogP contribution < -0.4 is 14.8 Å². The van der Waals surface area contributed by atoms with Crippen LogP contribution in [0.2, 0.25) is 0 Å². The summed E-state index contributed by atoms with van der Waals surface area (Å²) >= 11 is 1.10. The molecule has 0 unspecified atom stereocenters. The highest BCUT2D eigenvalue weighted by molar-refractivity contribution is 8.18. The number of ether oxygens (including phenoxy) is 2. The largest absolute Gasteiger partial charge is 0.493 e. The fourth-order valence-electron chi connectivity index (χ4n) is 2.42. The molecule has 1 heterocycles. The van der Waals surface area contributed by atoms with Crippen LogP contribution in [-0.2, 0) is 9.59 Å². The van der Waals surface area contributed by atoms with Gasteiger partial charge in [0.05, 0.1) is 17.7 Å². The van der Waals surface area contributed by atoms with Crippen LogP contribution in [-0.4, -0.2) is 35.4 Å². The summed E-state index contributed by atoms with van der Waals surface area (Å²) in [6.45, 7) is 1.40. The number of carboxylic acid groups (broad SMARTS) is 1. The SMILES string of the molecule is COc1cccc(/C=C2\SC(=Nc3ccc(F)cc3)NC2=O)c1O[C@H](C)C(=O)O. The van der Waals surface area contributed by atoms with E-state index in [0.717, 1.165) is 11.8 Å². The van der Waals surface area contributed by atoms with E-state index in [2.05, 4.69) is 10.3 Å². The van der Waals surface area contributed by atoms with Gasteiger partial charge >= 0.3 is 5.97 Å². The molecule has 2 aromatic rings. The first-order chi connectivity index (χ1) is 13.9. The number of amidine groups is 1. The highest BCUT2D eigenvalue weighted by Crippen LogP contribution is 2.36. The molecule has 0 spiro atoms. The molecule has 7 nitrogen and oxygen atoms in total. The van der Waals surface area contributed by atoms with Gasteiger partial charge in [-0.15, -0.1) is 0 Å². The molecule has 0 saturated carbocycles. The van der Waals surface area contributed by atoms with E-state index in [1.165, 1.54) is 38.3 Å². The van der Waals surface area contributed by atoms with E-state index in [-0.39, 0.29) is 17.5 Å². The lowest BCUT2D eigenvalue weighted by molar-refractivity contribution is -0.144. The zero-order chi connectivity index (χ0) is 21.0. The Hall–Kier alpha value is -3.33. The Bertz CT molecular complexity index is 1000. The quantitative estimate of drug-likeness (QED) is 0.699. The molecule has 1 aliphatic rings. The molecule has 0 aliphatic carbocycles. The van der Waals surface area contributed by atoms with Gasteiger partial charge in [-0.05, 0) is 55.1 Å². The number of nitrogens with zero attached hydrogens (tertiary/aromatic N) is 1. The monoisotopic (exact) mass is 416 g/mol. The van der Waals surface area contributed by atoms with Crippen molar-refractivity contribution in [3.05, 3.63) is 58.8 Å². The minimum absolute atomic E-state index is 0.217. The molecule has 1 atom stereocenters. The first-order valence-electron chi connectivity index (χ1n) is 8.49. The lowest BCUT2D eigenvalue weighted by atomic mass is 10.1. The number of hydrogen-bond acceptors (Lipinski definition) is 6. The maximum atomic E-state index is 13.0. The first kappa shape index (κ1) is 20.4. The molecule has 1 fully saturated rings. The van der Waals surface area contributed by atoms with Gasteiger partial charge in [-0.1, -0.05) is 12.1 Å². The minimum Gasteiger partial charge on any atom is -0.493 e. The van der Waals surface area contributed by atoms with Gasteiger partial charge in [0.15, 0.2) is 22.8 Å².